The molecule has 0 unspecified atom stereocenters. The van der Waals surface area contributed by atoms with Crippen molar-refractivity contribution in [3.8, 4) is 22.6 Å². The average molecular weight is 477 g/mol. The third kappa shape index (κ3) is 6.38. The Morgan fingerprint density at radius 1 is 0.829 bits per heavy atom. The smallest absolute Gasteiger partial charge is 0.328 e. The average Bonchev–Trinajstić information content (AvgIpc) is 2.84. The summed E-state index contributed by atoms with van der Waals surface area (Å²) in [6, 6.07) is 19.5. The molecule has 35 heavy (non-hydrogen) atoms. The third-order valence-electron chi connectivity index (χ3n) is 5.42. The Morgan fingerprint density at radius 3 is 1.94 bits per heavy atom. The highest BCUT2D eigenvalue weighted by molar-refractivity contribution is 5.98. The highest BCUT2D eigenvalue weighted by atomic mass is 16.5. The molecule has 3 rings (SSSR count). The highest BCUT2D eigenvalue weighted by Crippen LogP contribution is 2.28. The fourth-order valence-electron chi connectivity index (χ4n) is 3.35. The van der Waals surface area contributed by atoms with E-state index in [9.17, 15) is 19.5 Å². The van der Waals surface area contributed by atoms with Gasteiger partial charge in [0.25, 0.3) is 5.91 Å². The second-order valence-electron chi connectivity index (χ2n) is 8.45. The van der Waals surface area contributed by atoms with Crippen LogP contribution in [0.15, 0.2) is 66.7 Å². The van der Waals surface area contributed by atoms with Gasteiger partial charge < -0.3 is 25.2 Å². The van der Waals surface area contributed by atoms with Gasteiger partial charge >= 0.3 is 5.97 Å². The van der Waals surface area contributed by atoms with Gasteiger partial charge in [0.2, 0.25) is 5.91 Å². The molecular weight excluding hydrogens is 448 g/mol. The predicted octanol–water partition coefficient (Wildman–Crippen LogP) is 4.15. The number of rotatable bonds is 9. The molecule has 8 heteroatoms. The summed E-state index contributed by atoms with van der Waals surface area (Å²) in [5, 5.41) is 14.5. The van der Waals surface area contributed by atoms with Gasteiger partial charge in [-0.1, -0.05) is 30.3 Å². The van der Waals surface area contributed by atoms with Crippen LogP contribution >= 0.6 is 0 Å². The van der Waals surface area contributed by atoms with Crippen molar-refractivity contribution in [1.29, 1.82) is 0 Å². The number of ether oxygens (including phenoxy) is 2. The molecule has 182 valence electrons. The van der Waals surface area contributed by atoms with Crippen molar-refractivity contribution in [2.45, 2.75) is 25.8 Å². The molecular formula is C27H28N2O6. The van der Waals surface area contributed by atoms with E-state index in [1.165, 1.54) is 13.8 Å². The van der Waals surface area contributed by atoms with Gasteiger partial charge in [0.05, 0.1) is 20.6 Å². The predicted molar refractivity (Wildman–Crippen MR) is 133 cm³/mol. The Hall–Kier alpha value is -4.33. The second kappa shape index (κ2) is 10.7. The molecule has 3 aromatic rings. The molecule has 0 radical (unpaired) electrons. The molecule has 0 spiro atoms. The van der Waals surface area contributed by atoms with Gasteiger partial charge in [0.15, 0.2) is 11.5 Å². The van der Waals surface area contributed by atoms with E-state index >= 15 is 0 Å². The van der Waals surface area contributed by atoms with Gasteiger partial charge in [0, 0.05) is 11.3 Å². The number of benzene rings is 3. The van der Waals surface area contributed by atoms with Crippen molar-refractivity contribution < 1.29 is 29.0 Å². The normalized spacial score (nSPS) is 10.9. The number of carbonyl (C=O) groups is 3. The van der Waals surface area contributed by atoms with Crippen molar-refractivity contribution >= 4 is 23.5 Å². The minimum Gasteiger partial charge on any atom is -0.493 e. The summed E-state index contributed by atoms with van der Waals surface area (Å²) in [5.41, 5.74) is 2.24. The summed E-state index contributed by atoms with van der Waals surface area (Å²) in [5.74, 6) is -0.569. The summed E-state index contributed by atoms with van der Waals surface area (Å²) < 4.78 is 10.5. The van der Waals surface area contributed by atoms with Crippen LogP contribution in [0.4, 0.5) is 5.69 Å². The van der Waals surface area contributed by atoms with Gasteiger partial charge in [-0.2, -0.15) is 0 Å². The van der Waals surface area contributed by atoms with Gasteiger partial charge in [-0.05, 0) is 66.9 Å². The SMILES string of the molecule is COc1ccc(CC(=O)Nc2ccc(-c3ccc(C(=O)NC(C)(C)C(=O)O)cc3)cc2)cc1OC. The Labute approximate surface area is 203 Å². The van der Waals surface area contributed by atoms with E-state index in [4.69, 9.17) is 9.47 Å². The number of carboxylic acid groups (broad SMARTS) is 1. The first kappa shape index (κ1) is 25.3. The molecule has 0 fully saturated rings. The number of methoxy groups -OCH3 is 2. The lowest BCUT2D eigenvalue weighted by atomic mass is 10.0. The first-order chi connectivity index (χ1) is 16.6. The highest BCUT2D eigenvalue weighted by Gasteiger charge is 2.29. The molecule has 0 aliphatic carbocycles. The van der Waals surface area contributed by atoms with Crippen molar-refractivity contribution in [3.05, 3.63) is 77.9 Å². The quantitative estimate of drug-likeness (QED) is 0.428. The first-order valence-electron chi connectivity index (χ1n) is 10.9. The fraction of sp³-hybridized carbons (Fsp3) is 0.222. The maximum absolute atomic E-state index is 12.5. The van der Waals surface area contributed by atoms with Crippen LogP contribution < -0.4 is 20.1 Å². The zero-order chi connectivity index (χ0) is 25.6. The van der Waals surface area contributed by atoms with Crippen LogP contribution in [0.2, 0.25) is 0 Å². The molecule has 3 aromatic carbocycles. The molecule has 0 bridgehead atoms. The van der Waals surface area contributed by atoms with Gasteiger partial charge in [-0.25, -0.2) is 4.79 Å². The molecule has 2 amide bonds. The van der Waals surface area contributed by atoms with Crippen molar-refractivity contribution in [3.63, 3.8) is 0 Å². The minimum absolute atomic E-state index is 0.162. The molecule has 8 nitrogen and oxygen atoms in total. The molecule has 3 N–H and O–H groups in total. The van der Waals surface area contributed by atoms with E-state index in [0.29, 0.717) is 22.7 Å². The van der Waals surface area contributed by atoms with Gasteiger partial charge in [-0.15, -0.1) is 0 Å². The number of hydrogen-bond acceptors (Lipinski definition) is 5. The molecule has 0 saturated heterocycles. The summed E-state index contributed by atoms with van der Waals surface area (Å²) in [6.45, 7) is 2.85. The molecule has 0 saturated carbocycles. The summed E-state index contributed by atoms with van der Waals surface area (Å²) in [6.07, 6.45) is 0.185. The van der Waals surface area contributed by atoms with Crippen molar-refractivity contribution in [2.75, 3.05) is 19.5 Å². The zero-order valence-corrected chi connectivity index (χ0v) is 20.0. The molecule has 0 aliphatic heterocycles. The Bertz CT molecular complexity index is 1220. The number of anilines is 1. The number of carboxylic acids is 1. The Balaban J connectivity index is 1.62. The van der Waals surface area contributed by atoms with Gasteiger partial charge in [0.1, 0.15) is 5.54 Å². The van der Waals surface area contributed by atoms with Crippen LogP contribution in [0.25, 0.3) is 11.1 Å². The van der Waals surface area contributed by atoms with Crippen LogP contribution in [0.3, 0.4) is 0 Å². The number of hydrogen-bond donors (Lipinski definition) is 3. The first-order valence-corrected chi connectivity index (χ1v) is 10.9. The van der Waals surface area contributed by atoms with E-state index in [1.54, 1.807) is 62.8 Å². The van der Waals surface area contributed by atoms with Crippen LogP contribution in [-0.4, -0.2) is 42.6 Å². The number of amides is 2. The number of aliphatic carboxylic acids is 1. The van der Waals surface area contributed by atoms with E-state index in [1.807, 2.05) is 18.2 Å². The largest absolute Gasteiger partial charge is 0.493 e. The maximum atomic E-state index is 12.5. The monoisotopic (exact) mass is 476 g/mol. The summed E-state index contributed by atoms with van der Waals surface area (Å²) >= 11 is 0. The second-order valence-corrected chi connectivity index (χ2v) is 8.45. The third-order valence-corrected chi connectivity index (χ3v) is 5.42. The van der Waals surface area contributed by atoms with E-state index in [0.717, 1.165) is 16.7 Å². The van der Waals surface area contributed by atoms with Crippen LogP contribution in [0.5, 0.6) is 11.5 Å². The lowest BCUT2D eigenvalue weighted by Gasteiger charge is -2.21. The van der Waals surface area contributed by atoms with Crippen LogP contribution in [0, 0.1) is 0 Å². The number of nitrogens with one attached hydrogen (secondary N) is 2. The fourth-order valence-corrected chi connectivity index (χ4v) is 3.35. The van der Waals surface area contributed by atoms with Crippen molar-refractivity contribution in [2.24, 2.45) is 0 Å². The lowest BCUT2D eigenvalue weighted by Crippen LogP contribution is -2.49. The Morgan fingerprint density at radius 2 is 1.40 bits per heavy atom. The van der Waals surface area contributed by atoms with Crippen LogP contribution in [0.1, 0.15) is 29.8 Å². The zero-order valence-electron chi connectivity index (χ0n) is 20.0. The summed E-state index contributed by atoms with van der Waals surface area (Å²) in [7, 11) is 3.10. The molecule has 0 aliphatic rings. The van der Waals surface area contributed by atoms with E-state index < -0.39 is 17.4 Å². The lowest BCUT2D eigenvalue weighted by molar-refractivity contribution is -0.143. The summed E-state index contributed by atoms with van der Waals surface area (Å²) in [4.78, 5) is 36.0. The van der Waals surface area contributed by atoms with Crippen molar-refractivity contribution in [1.82, 2.24) is 5.32 Å². The number of carbonyl (C=O) groups excluding carboxylic acids is 2. The maximum Gasteiger partial charge on any atom is 0.328 e. The minimum atomic E-state index is -1.37. The van der Waals surface area contributed by atoms with E-state index in [2.05, 4.69) is 10.6 Å². The van der Waals surface area contributed by atoms with Crippen LogP contribution in [-0.2, 0) is 16.0 Å². The standard InChI is InChI=1S/C27H28N2O6/c1-27(2,26(32)33)29-25(31)20-8-6-18(7-9-20)19-10-12-21(13-11-19)28-24(30)16-17-5-14-22(34-3)23(15-17)35-4/h5-15H,16H2,1-4H3,(H,28,30)(H,29,31)(H,32,33). The van der Waals surface area contributed by atoms with Gasteiger partial charge in [-0.3, -0.25) is 9.59 Å². The Kier molecular flexibility index (Phi) is 7.76. The van der Waals surface area contributed by atoms with E-state index in [-0.39, 0.29) is 12.3 Å². The molecule has 0 heterocycles. The molecule has 0 aromatic heterocycles. The topological polar surface area (TPSA) is 114 Å². The molecule has 0 atom stereocenters.